The van der Waals surface area contributed by atoms with E-state index in [1.54, 1.807) is 0 Å². The van der Waals surface area contributed by atoms with Crippen molar-refractivity contribution in [2.45, 2.75) is 4.90 Å². The van der Waals surface area contributed by atoms with Crippen molar-refractivity contribution < 1.29 is 47.1 Å². The molecule has 66 valence electrons. The van der Waals surface area contributed by atoms with E-state index in [0.717, 1.165) is 6.07 Å². The second kappa shape index (κ2) is 5.53. The molecule has 7 heteroatoms. The van der Waals surface area contributed by atoms with Crippen LogP contribution in [0, 0.1) is 11.6 Å². The van der Waals surface area contributed by atoms with Crippen LogP contribution in [0.4, 0.5) is 8.78 Å². The first-order valence-electron chi connectivity index (χ1n) is 2.76. The fraction of sp³-hybridized carbons (Fsp3) is 0. The predicted molar refractivity (Wildman–Crippen MR) is 41.2 cm³/mol. The topological polar surface area (TPSA) is 40.1 Å². The molecule has 13 heavy (non-hydrogen) atoms. The largest absolute Gasteiger partial charge is 1.00 e. The Labute approximate surface area is 106 Å². The van der Waals surface area contributed by atoms with Crippen LogP contribution in [-0.4, -0.2) is 8.76 Å². The second-order valence-corrected chi connectivity index (χ2v) is 3.67. The van der Waals surface area contributed by atoms with Gasteiger partial charge in [-0.2, -0.15) is 0 Å². The summed E-state index contributed by atoms with van der Waals surface area (Å²) in [7, 11) is 0. The molecular weight excluding hydrogens is 277 g/mol. The van der Waals surface area contributed by atoms with Gasteiger partial charge < -0.3 is 4.55 Å². The van der Waals surface area contributed by atoms with Crippen molar-refractivity contribution in [1.82, 2.24) is 0 Å². The summed E-state index contributed by atoms with van der Waals surface area (Å²) in [6.07, 6.45) is 0. The van der Waals surface area contributed by atoms with E-state index in [9.17, 15) is 17.5 Å². The third kappa shape index (κ3) is 3.38. The molecule has 0 aliphatic heterocycles. The summed E-state index contributed by atoms with van der Waals surface area (Å²) >= 11 is 0.0265. The molecule has 0 fully saturated rings. The van der Waals surface area contributed by atoms with Crippen LogP contribution in [0.2, 0.25) is 0 Å². The van der Waals surface area contributed by atoms with E-state index in [1.807, 2.05) is 0 Å². The molecule has 0 aromatic heterocycles. The Hall–Kier alpha value is 0.670. The first kappa shape index (κ1) is 13.7. The number of rotatable bonds is 1. The molecule has 2 nitrogen and oxygen atoms in total. The average Bonchev–Trinajstić information content (AvgIpc) is 1.82. The van der Waals surface area contributed by atoms with Crippen molar-refractivity contribution in [3.8, 4) is 0 Å². The average molecular weight is 279 g/mol. The zero-order chi connectivity index (χ0) is 9.30. The normalized spacial score (nSPS) is 12.0. The van der Waals surface area contributed by atoms with Gasteiger partial charge in [0.25, 0.3) is 0 Å². The molecule has 0 radical (unpaired) electrons. The van der Waals surface area contributed by atoms with Crippen molar-refractivity contribution in [3.05, 3.63) is 28.2 Å². The van der Waals surface area contributed by atoms with Crippen LogP contribution in [0.3, 0.4) is 0 Å². The quantitative estimate of drug-likeness (QED) is 0.487. The van der Waals surface area contributed by atoms with Crippen molar-refractivity contribution in [3.63, 3.8) is 0 Å². The molecule has 1 aromatic rings. The summed E-state index contributed by atoms with van der Waals surface area (Å²) in [5, 5.41) is 0. The summed E-state index contributed by atoms with van der Waals surface area (Å²) in [6.45, 7) is 0. The van der Waals surface area contributed by atoms with Crippen molar-refractivity contribution >= 4 is 27.0 Å². The maximum Gasteiger partial charge on any atom is 1.00 e. The van der Waals surface area contributed by atoms with Gasteiger partial charge in [-0.25, -0.2) is 8.78 Å². The minimum absolute atomic E-state index is 0. The molecule has 0 bridgehead atoms. The molecule has 1 aromatic carbocycles. The minimum atomic E-state index is -2.70. The van der Waals surface area contributed by atoms with Crippen molar-refractivity contribution in [1.29, 1.82) is 0 Å². The van der Waals surface area contributed by atoms with Crippen molar-refractivity contribution in [2.75, 3.05) is 0 Å². The van der Waals surface area contributed by atoms with Crippen molar-refractivity contribution in [2.24, 2.45) is 0 Å². The van der Waals surface area contributed by atoms with Gasteiger partial charge in [0, 0.05) is 10.5 Å². The van der Waals surface area contributed by atoms with E-state index in [-0.39, 0.29) is 34.0 Å². The molecule has 1 rings (SSSR count). The fourth-order valence-electron chi connectivity index (χ4n) is 0.688. The van der Waals surface area contributed by atoms with Gasteiger partial charge in [-0.15, -0.1) is 0 Å². The SMILES string of the molecule is O=S([O-])c1c(F)cc(F)cc1Br.[Na+]. The zero-order valence-corrected chi connectivity index (χ0v) is 10.9. The summed E-state index contributed by atoms with van der Waals surface area (Å²) < 4.78 is 45.7. The summed E-state index contributed by atoms with van der Waals surface area (Å²) in [6, 6.07) is 1.39. The predicted octanol–water partition coefficient (Wildman–Crippen LogP) is -1.03. The van der Waals surface area contributed by atoms with Crippen LogP contribution in [0.25, 0.3) is 0 Å². The Kier molecular flexibility index (Phi) is 5.81. The third-order valence-corrected chi connectivity index (χ3v) is 2.77. The number of hydrogen-bond donors (Lipinski definition) is 0. The standard InChI is InChI=1S/C6H3BrF2O2S.Na/c7-4-1-3(8)2-5(9)6(4)12(10)11;/h1-2H,(H,10,11);/q;+1/p-1. The second-order valence-electron chi connectivity index (χ2n) is 1.93. The van der Waals surface area contributed by atoms with Gasteiger partial charge in [0.1, 0.15) is 11.6 Å². The molecule has 0 aliphatic rings. The van der Waals surface area contributed by atoms with Crippen LogP contribution in [0.5, 0.6) is 0 Å². The molecule has 0 aliphatic carbocycles. The van der Waals surface area contributed by atoms with E-state index in [4.69, 9.17) is 0 Å². The van der Waals surface area contributed by atoms with Gasteiger partial charge in [-0.3, -0.25) is 4.21 Å². The molecule has 0 heterocycles. The number of halogens is 3. The van der Waals surface area contributed by atoms with Gasteiger partial charge in [-0.05, 0) is 33.1 Å². The molecule has 0 amide bonds. The van der Waals surface area contributed by atoms with Gasteiger partial charge in [0.15, 0.2) is 0 Å². The Balaban J connectivity index is 0.00000144. The maximum absolute atomic E-state index is 12.7. The van der Waals surface area contributed by atoms with Gasteiger partial charge in [0.05, 0.1) is 4.90 Å². The molecule has 1 atom stereocenters. The molecule has 0 spiro atoms. The smallest absolute Gasteiger partial charge is 0.768 e. The van der Waals surface area contributed by atoms with Crippen LogP contribution in [0.1, 0.15) is 0 Å². The number of hydrogen-bond acceptors (Lipinski definition) is 2. The summed E-state index contributed by atoms with van der Waals surface area (Å²) in [4.78, 5) is -0.559. The van der Waals surface area contributed by atoms with E-state index < -0.39 is 27.6 Å². The summed E-state index contributed by atoms with van der Waals surface area (Å²) in [5.74, 6) is -1.93. The fourth-order valence-corrected chi connectivity index (χ4v) is 1.93. The van der Waals surface area contributed by atoms with Crippen LogP contribution in [0.15, 0.2) is 21.5 Å². The Morgan fingerprint density at radius 1 is 1.38 bits per heavy atom. The molecule has 0 saturated carbocycles. The van der Waals surface area contributed by atoms with E-state index >= 15 is 0 Å². The van der Waals surface area contributed by atoms with E-state index in [0.29, 0.717) is 6.07 Å². The maximum atomic E-state index is 12.7. The first-order chi connectivity index (χ1) is 5.52. The first-order valence-corrected chi connectivity index (χ1v) is 4.63. The molecule has 1 unspecified atom stereocenters. The monoisotopic (exact) mass is 278 g/mol. The van der Waals surface area contributed by atoms with Crippen LogP contribution in [-0.2, 0) is 11.1 Å². The van der Waals surface area contributed by atoms with Gasteiger partial charge in [0.2, 0.25) is 0 Å². The minimum Gasteiger partial charge on any atom is -0.768 e. The summed E-state index contributed by atoms with van der Waals surface area (Å²) in [5.41, 5.74) is 0. The zero-order valence-electron chi connectivity index (χ0n) is 6.51. The van der Waals surface area contributed by atoms with Crippen LogP contribution < -0.4 is 29.6 Å². The Morgan fingerprint density at radius 3 is 2.31 bits per heavy atom. The van der Waals surface area contributed by atoms with E-state index in [2.05, 4.69) is 15.9 Å². The number of benzene rings is 1. The van der Waals surface area contributed by atoms with E-state index in [1.165, 1.54) is 0 Å². The third-order valence-electron chi connectivity index (χ3n) is 1.13. The Bertz CT molecular complexity index is 324. The van der Waals surface area contributed by atoms with Gasteiger partial charge in [-0.1, -0.05) is 0 Å². The molecule has 0 saturated heterocycles. The van der Waals surface area contributed by atoms with Crippen LogP contribution >= 0.6 is 15.9 Å². The molecule has 0 N–H and O–H groups in total. The molecular formula is C6H2BrF2NaO2S. The Morgan fingerprint density at radius 2 is 1.92 bits per heavy atom. The van der Waals surface area contributed by atoms with Gasteiger partial charge >= 0.3 is 29.6 Å².